The summed E-state index contributed by atoms with van der Waals surface area (Å²) in [6, 6.07) is -0.0771. The number of carbonyl (C=O) groups is 1. The highest BCUT2D eigenvalue weighted by Gasteiger charge is 2.25. The third-order valence-electron chi connectivity index (χ3n) is 3.33. The quantitative estimate of drug-likeness (QED) is 0.741. The van der Waals surface area contributed by atoms with Crippen molar-refractivity contribution >= 4 is 11.7 Å². The van der Waals surface area contributed by atoms with Gasteiger partial charge in [-0.1, -0.05) is 13.8 Å². The number of rotatable bonds is 3. The summed E-state index contributed by atoms with van der Waals surface area (Å²) in [6.07, 6.45) is 4.67. The number of aromatic nitrogens is 2. The zero-order valence-corrected chi connectivity index (χ0v) is 10.4. The molecule has 0 spiro atoms. The molecule has 1 fully saturated rings. The number of hydrogen-bond acceptors (Lipinski definition) is 3. The van der Waals surface area contributed by atoms with Crippen LogP contribution in [0.25, 0.3) is 0 Å². The minimum absolute atomic E-state index is 0.0375. The Balaban J connectivity index is 1.96. The second kappa shape index (κ2) is 5.31. The van der Waals surface area contributed by atoms with Crippen molar-refractivity contribution in [2.24, 2.45) is 5.92 Å². The third kappa shape index (κ3) is 2.85. The van der Waals surface area contributed by atoms with Gasteiger partial charge in [0.1, 0.15) is 5.82 Å². The number of amides is 1. The number of anilines is 1. The molecule has 1 aliphatic rings. The summed E-state index contributed by atoms with van der Waals surface area (Å²) < 4.78 is 0. The topological polar surface area (TPSA) is 69.8 Å². The van der Waals surface area contributed by atoms with E-state index in [9.17, 15) is 4.79 Å². The molecule has 0 saturated carbocycles. The van der Waals surface area contributed by atoms with Crippen LogP contribution in [0.2, 0.25) is 0 Å². The highest BCUT2D eigenvalue weighted by atomic mass is 16.2. The Hall–Kier alpha value is -1.36. The van der Waals surface area contributed by atoms with Crippen LogP contribution < -0.4 is 10.6 Å². The van der Waals surface area contributed by atoms with Crippen molar-refractivity contribution in [2.75, 3.05) is 11.9 Å². The van der Waals surface area contributed by atoms with Gasteiger partial charge in [0.25, 0.3) is 0 Å². The number of nitrogens with one attached hydrogen (secondary N) is 3. The van der Waals surface area contributed by atoms with Gasteiger partial charge >= 0.3 is 0 Å². The summed E-state index contributed by atoms with van der Waals surface area (Å²) in [6.45, 7) is 5.15. The van der Waals surface area contributed by atoms with E-state index in [1.165, 1.54) is 0 Å². The molecule has 0 aromatic carbocycles. The van der Waals surface area contributed by atoms with Crippen molar-refractivity contribution in [2.45, 2.75) is 39.2 Å². The Kier molecular flexibility index (Phi) is 3.78. The van der Waals surface area contributed by atoms with Crippen molar-refractivity contribution in [3.05, 3.63) is 11.8 Å². The molecule has 2 heterocycles. The Morgan fingerprint density at radius 3 is 3.18 bits per heavy atom. The number of piperidine rings is 1. The van der Waals surface area contributed by atoms with E-state index in [1.54, 1.807) is 6.20 Å². The monoisotopic (exact) mass is 236 g/mol. The zero-order valence-electron chi connectivity index (χ0n) is 10.4. The van der Waals surface area contributed by atoms with Crippen molar-refractivity contribution in [3.63, 3.8) is 0 Å². The predicted octanol–water partition coefficient (Wildman–Crippen LogP) is 1.30. The normalized spacial score (nSPS) is 24.6. The van der Waals surface area contributed by atoms with Gasteiger partial charge in [0.2, 0.25) is 5.91 Å². The van der Waals surface area contributed by atoms with Gasteiger partial charge in [-0.15, -0.1) is 0 Å². The van der Waals surface area contributed by atoms with Crippen LogP contribution in [0.5, 0.6) is 0 Å². The molecule has 2 rings (SSSR count). The smallest absolute Gasteiger partial charge is 0.242 e. The average molecular weight is 236 g/mol. The van der Waals surface area contributed by atoms with Gasteiger partial charge < -0.3 is 10.6 Å². The molecule has 1 aromatic heterocycles. The van der Waals surface area contributed by atoms with E-state index in [-0.39, 0.29) is 11.9 Å². The molecule has 3 N–H and O–H groups in total. The van der Waals surface area contributed by atoms with Crippen LogP contribution in [-0.2, 0) is 11.2 Å². The summed E-state index contributed by atoms with van der Waals surface area (Å²) in [7, 11) is 0. The highest BCUT2D eigenvalue weighted by molar-refractivity contribution is 5.94. The van der Waals surface area contributed by atoms with Gasteiger partial charge in [0.15, 0.2) is 0 Å². The summed E-state index contributed by atoms with van der Waals surface area (Å²) in [5, 5.41) is 12.9. The fourth-order valence-corrected chi connectivity index (χ4v) is 2.20. The molecule has 1 aromatic rings. The van der Waals surface area contributed by atoms with Crippen molar-refractivity contribution < 1.29 is 4.79 Å². The number of aryl methyl sites for hydroxylation is 1. The highest BCUT2D eigenvalue weighted by Crippen LogP contribution is 2.17. The summed E-state index contributed by atoms with van der Waals surface area (Å²) in [4.78, 5) is 12.1. The first-order valence-electron chi connectivity index (χ1n) is 6.27. The van der Waals surface area contributed by atoms with Gasteiger partial charge in [-0.05, 0) is 31.7 Å². The number of nitrogens with zero attached hydrogens (tertiary/aromatic N) is 1. The Morgan fingerprint density at radius 2 is 2.47 bits per heavy atom. The van der Waals surface area contributed by atoms with Crippen molar-refractivity contribution in [1.82, 2.24) is 15.5 Å². The summed E-state index contributed by atoms with van der Waals surface area (Å²) in [5.41, 5.74) is 1.04. The van der Waals surface area contributed by atoms with Gasteiger partial charge in [0, 0.05) is 5.56 Å². The first-order chi connectivity index (χ1) is 8.20. The first kappa shape index (κ1) is 12.1. The molecule has 94 valence electrons. The van der Waals surface area contributed by atoms with Crippen molar-refractivity contribution in [3.8, 4) is 0 Å². The van der Waals surface area contributed by atoms with Gasteiger partial charge in [-0.2, -0.15) is 5.10 Å². The van der Waals surface area contributed by atoms with Crippen LogP contribution in [0.3, 0.4) is 0 Å². The minimum atomic E-state index is -0.0771. The number of hydrogen-bond donors (Lipinski definition) is 3. The maximum atomic E-state index is 12.1. The molecular weight excluding hydrogens is 216 g/mol. The molecular formula is C12H20N4O. The number of aromatic amines is 1. The second-order valence-corrected chi connectivity index (χ2v) is 4.75. The van der Waals surface area contributed by atoms with E-state index in [1.807, 2.05) is 6.92 Å². The SMILES string of the molecule is CCc1cn[nH]c1NC(=O)C1CC(C)CCN1. The van der Waals surface area contributed by atoms with Crippen LogP contribution in [-0.4, -0.2) is 28.7 Å². The fraction of sp³-hybridized carbons (Fsp3) is 0.667. The molecule has 1 saturated heterocycles. The standard InChI is InChI=1S/C12H20N4O/c1-3-9-7-14-16-11(9)15-12(17)10-6-8(2)4-5-13-10/h7-8,10,13H,3-6H2,1-2H3,(H2,14,15,16,17). The maximum absolute atomic E-state index is 12.1. The average Bonchev–Trinajstić information content (AvgIpc) is 2.76. The lowest BCUT2D eigenvalue weighted by Crippen LogP contribution is -2.45. The second-order valence-electron chi connectivity index (χ2n) is 4.75. The van der Waals surface area contributed by atoms with E-state index in [0.29, 0.717) is 5.92 Å². The fourth-order valence-electron chi connectivity index (χ4n) is 2.20. The Morgan fingerprint density at radius 1 is 1.65 bits per heavy atom. The lowest BCUT2D eigenvalue weighted by atomic mass is 9.94. The van der Waals surface area contributed by atoms with E-state index < -0.39 is 0 Å². The number of carbonyl (C=O) groups excluding carboxylic acids is 1. The molecule has 2 atom stereocenters. The van der Waals surface area contributed by atoms with E-state index in [4.69, 9.17) is 0 Å². The van der Waals surface area contributed by atoms with Crippen LogP contribution in [0.1, 0.15) is 32.3 Å². The van der Waals surface area contributed by atoms with Crippen molar-refractivity contribution in [1.29, 1.82) is 0 Å². The third-order valence-corrected chi connectivity index (χ3v) is 3.33. The Labute approximate surface area is 101 Å². The molecule has 0 bridgehead atoms. The first-order valence-corrected chi connectivity index (χ1v) is 6.27. The lowest BCUT2D eigenvalue weighted by Gasteiger charge is -2.27. The summed E-state index contributed by atoms with van der Waals surface area (Å²) in [5.74, 6) is 1.38. The largest absolute Gasteiger partial charge is 0.309 e. The van der Waals surface area contributed by atoms with E-state index >= 15 is 0 Å². The van der Waals surface area contributed by atoms with E-state index in [2.05, 4.69) is 27.8 Å². The van der Waals surface area contributed by atoms with Gasteiger partial charge in [0.05, 0.1) is 12.2 Å². The van der Waals surface area contributed by atoms with Crippen LogP contribution in [0, 0.1) is 5.92 Å². The van der Waals surface area contributed by atoms with Crippen LogP contribution >= 0.6 is 0 Å². The van der Waals surface area contributed by atoms with E-state index in [0.717, 1.165) is 37.2 Å². The zero-order chi connectivity index (χ0) is 12.3. The molecule has 5 heteroatoms. The molecule has 2 unspecified atom stereocenters. The molecule has 1 amide bonds. The lowest BCUT2D eigenvalue weighted by molar-refractivity contribution is -0.119. The van der Waals surface area contributed by atoms with Crippen LogP contribution in [0.15, 0.2) is 6.20 Å². The minimum Gasteiger partial charge on any atom is -0.309 e. The molecule has 1 aliphatic heterocycles. The van der Waals surface area contributed by atoms with Gasteiger partial charge in [-0.25, -0.2) is 0 Å². The molecule has 0 radical (unpaired) electrons. The summed E-state index contributed by atoms with van der Waals surface area (Å²) >= 11 is 0. The molecule has 5 nitrogen and oxygen atoms in total. The molecule has 0 aliphatic carbocycles. The Bertz CT molecular complexity index is 388. The maximum Gasteiger partial charge on any atom is 0.242 e. The number of H-pyrrole nitrogens is 1. The van der Waals surface area contributed by atoms with Gasteiger partial charge in [-0.3, -0.25) is 9.89 Å². The molecule has 17 heavy (non-hydrogen) atoms. The predicted molar refractivity (Wildman–Crippen MR) is 66.8 cm³/mol. The van der Waals surface area contributed by atoms with Crippen LogP contribution in [0.4, 0.5) is 5.82 Å².